The smallest absolute Gasteiger partial charge is 0.0537 e. The number of rotatable bonds is 5. The molecule has 2 unspecified atom stereocenters. The summed E-state index contributed by atoms with van der Waals surface area (Å²) in [5.41, 5.74) is 6.83. The summed E-state index contributed by atoms with van der Waals surface area (Å²) >= 11 is 0. The first kappa shape index (κ1) is 11.2. The quantitative estimate of drug-likeness (QED) is 0.778. The van der Waals surface area contributed by atoms with E-state index in [1.54, 1.807) is 7.11 Å². The van der Waals surface area contributed by atoms with Gasteiger partial charge in [0.1, 0.15) is 0 Å². The molecule has 0 saturated heterocycles. The van der Waals surface area contributed by atoms with Crippen molar-refractivity contribution in [2.24, 2.45) is 5.73 Å². The molecule has 1 rings (SSSR count). The molecule has 0 saturated carbocycles. The minimum atomic E-state index is 0.0541. The summed E-state index contributed by atoms with van der Waals surface area (Å²) in [5, 5.41) is 4.27. The fourth-order valence-electron chi connectivity index (χ4n) is 1.25. The number of hydrogen-bond acceptors (Lipinski definition) is 3. The highest BCUT2D eigenvalue weighted by atomic mass is 16.5. The first-order chi connectivity index (χ1) is 6.65. The minimum absolute atomic E-state index is 0.0541. The lowest BCUT2D eigenvalue weighted by atomic mass is 10.2. The van der Waals surface area contributed by atoms with E-state index in [1.807, 2.05) is 24.0 Å². The Morgan fingerprint density at radius 3 is 2.79 bits per heavy atom. The van der Waals surface area contributed by atoms with Gasteiger partial charge in [-0.1, -0.05) is 0 Å². The first-order valence-corrected chi connectivity index (χ1v) is 4.93. The number of ether oxygens (including phenoxy) is 1. The van der Waals surface area contributed by atoms with Crippen molar-refractivity contribution in [1.82, 2.24) is 9.78 Å². The highest BCUT2D eigenvalue weighted by Gasteiger charge is 2.08. The largest absolute Gasteiger partial charge is 0.385 e. The Kier molecular flexibility index (Phi) is 4.10. The van der Waals surface area contributed by atoms with E-state index in [0.29, 0.717) is 6.04 Å². The molecule has 0 bridgehead atoms. The molecular formula is C10H19N3O. The zero-order valence-corrected chi connectivity index (χ0v) is 9.10. The molecule has 0 radical (unpaired) electrons. The molecule has 2 N–H and O–H groups in total. The maximum atomic E-state index is 5.75. The van der Waals surface area contributed by atoms with Gasteiger partial charge in [-0.25, -0.2) is 0 Å². The monoisotopic (exact) mass is 197 g/mol. The van der Waals surface area contributed by atoms with Gasteiger partial charge in [0, 0.05) is 31.5 Å². The van der Waals surface area contributed by atoms with Gasteiger partial charge in [-0.15, -0.1) is 0 Å². The Bertz CT molecular complexity index is 270. The molecule has 1 heterocycles. The predicted molar refractivity (Wildman–Crippen MR) is 56.0 cm³/mol. The topological polar surface area (TPSA) is 53.1 Å². The molecular weight excluding hydrogens is 178 g/mol. The molecule has 4 heteroatoms. The van der Waals surface area contributed by atoms with Crippen molar-refractivity contribution in [3.8, 4) is 0 Å². The fourth-order valence-corrected chi connectivity index (χ4v) is 1.25. The number of hydrogen-bond donors (Lipinski definition) is 1. The molecule has 0 fully saturated rings. The first-order valence-electron chi connectivity index (χ1n) is 4.93. The van der Waals surface area contributed by atoms with Gasteiger partial charge in [0.05, 0.1) is 12.2 Å². The van der Waals surface area contributed by atoms with E-state index in [0.717, 1.165) is 18.6 Å². The Morgan fingerprint density at radius 2 is 2.29 bits per heavy atom. The maximum Gasteiger partial charge on any atom is 0.0537 e. The summed E-state index contributed by atoms with van der Waals surface area (Å²) in [7, 11) is 1.71. The molecule has 1 aromatic rings. The summed E-state index contributed by atoms with van der Waals surface area (Å²) in [4.78, 5) is 0. The van der Waals surface area contributed by atoms with Crippen molar-refractivity contribution in [3.63, 3.8) is 0 Å². The van der Waals surface area contributed by atoms with Crippen LogP contribution in [0.2, 0.25) is 0 Å². The Balaban J connectivity index is 2.57. The van der Waals surface area contributed by atoms with Crippen molar-refractivity contribution >= 4 is 0 Å². The van der Waals surface area contributed by atoms with Gasteiger partial charge in [0.15, 0.2) is 0 Å². The Labute approximate surface area is 85.0 Å². The lowest BCUT2D eigenvalue weighted by molar-refractivity contribution is 0.178. The molecule has 0 amide bonds. The second kappa shape index (κ2) is 5.12. The molecule has 80 valence electrons. The highest BCUT2D eigenvalue weighted by Crippen LogP contribution is 2.13. The second-order valence-corrected chi connectivity index (χ2v) is 3.67. The minimum Gasteiger partial charge on any atom is -0.385 e. The van der Waals surface area contributed by atoms with Crippen molar-refractivity contribution in [1.29, 1.82) is 0 Å². The van der Waals surface area contributed by atoms with Crippen molar-refractivity contribution in [2.75, 3.05) is 13.7 Å². The lowest BCUT2D eigenvalue weighted by Crippen LogP contribution is -2.08. The van der Waals surface area contributed by atoms with E-state index in [2.05, 4.69) is 12.0 Å². The van der Waals surface area contributed by atoms with Crippen molar-refractivity contribution < 1.29 is 4.74 Å². The summed E-state index contributed by atoms with van der Waals surface area (Å²) in [6.45, 7) is 4.84. The maximum absolute atomic E-state index is 5.75. The molecule has 1 aromatic heterocycles. The van der Waals surface area contributed by atoms with Crippen LogP contribution in [0.25, 0.3) is 0 Å². The zero-order chi connectivity index (χ0) is 10.6. The van der Waals surface area contributed by atoms with Crippen LogP contribution in [0.4, 0.5) is 0 Å². The van der Waals surface area contributed by atoms with Gasteiger partial charge in [-0.2, -0.15) is 5.10 Å². The normalized spacial score (nSPS) is 15.4. The number of nitrogens with two attached hydrogens (primary N) is 1. The van der Waals surface area contributed by atoms with E-state index >= 15 is 0 Å². The van der Waals surface area contributed by atoms with Gasteiger partial charge in [-0.05, 0) is 20.3 Å². The number of methoxy groups -OCH3 is 1. The van der Waals surface area contributed by atoms with Crippen molar-refractivity contribution in [3.05, 3.63) is 18.0 Å². The molecule has 0 aromatic carbocycles. The fraction of sp³-hybridized carbons (Fsp3) is 0.700. The van der Waals surface area contributed by atoms with Crippen LogP contribution in [0.3, 0.4) is 0 Å². The number of aromatic nitrogens is 2. The third-order valence-electron chi connectivity index (χ3n) is 2.34. The van der Waals surface area contributed by atoms with Gasteiger partial charge < -0.3 is 10.5 Å². The van der Waals surface area contributed by atoms with Gasteiger partial charge in [0.2, 0.25) is 0 Å². The summed E-state index contributed by atoms with van der Waals surface area (Å²) in [5.74, 6) is 0. The van der Waals surface area contributed by atoms with Gasteiger partial charge >= 0.3 is 0 Å². The summed E-state index contributed by atoms with van der Waals surface area (Å²) in [6, 6.07) is 0.417. The third-order valence-corrected chi connectivity index (χ3v) is 2.34. The molecule has 2 atom stereocenters. The average Bonchev–Trinajstić information content (AvgIpc) is 2.62. The summed E-state index contributed by atoms with van der Waals surface area (Å²) in [6.07, 6.45) is 4.80. The zero-order valence-electron chi connectivity index (χ0n) is 9.10. The summed E-state index contributed by atoms with van der Waals surface area (Å²) < 4.78 is 6.96. The van der Waals surface area contributed by atoms with E-state index in [9.17, 15) is 0 Å². The molecule has 4 nitrogen and oxygen atoms in total. The molecule has 0 aliphatic rings. The second-order valence-electron chi connectivity index (χ2n) is 3.67. The van der Waals surface area contributed by atoms with Crippen LogP contribution < -0.4 is 5.73 Å². The van der Waals surface area contributed by atoms with Crippen LogP contribution in [-0.2, 0) is 4.74 Å². The van der Waals surface area contributed by atoms with Crippen LogP contribution >= 0.6 is 0 Å². The predicted octanol–water partition coefficient (Wildman–Crippen LogP) is 1.50. The van der Waals surface area contributed by atoms with E-state index < -0.39 is 0 Å². The van der Waals surface area contributed by atoms with Gasteiger partial charge in [0.25, 0.3) is 0 Å². The molecule has 0 spiro atoms. The Hall–Kier alpha value is -0.870. The SMILES string of the molecule is COCCC(C)n1cc(C(C)N)cn1. The van der Waals surface area contributed by atoms with Crippen LogP contribution in [0.5, 0.6) is 0 Å². The highest BCUT2D eigenvalue weighted by molar-refractivity contribution is 5.08. The standard InChI is InChI=1S/C10H19N3O/c1-8(4-5-14-3)13-7-10(6-12-13)9(2)11/h6-9H,4-5,11H2,1-3H3. The lowest BCUT2D eigenvalue weighted by Gasteiger charge is -2.11. The Morgan fingerprint density at radius 1 is 1.57 bits per heavy atom. The number of nitrogens with zero attached hydrogens (tertiary/aromatic N) is 2. The molecule has 0 aliphatic heterocycles. The van der Waals surface area contributed by atoms with Crippen LogP contribution in [0.15, 0.2) is 12.4 Å². The molecule has 0 aliphatic carbocycles. The van der Waals surface area contributed by atoms with Crippen molar-refractivity contribution in [2.45, 2.75) is 32.4 Å². The van der Waals surface area contributed by atoms with Crippen LogP contribution in [0, 0.1) is 0 Å². The van der Waals surface area contributed by atoms with Crippen LogP contribution in [0.1, 0.15) is 37.9 Å². The van der Waals surface area contributed by atoms with E-state index in [4.69, 9.17) is 10.5 Å². The van der Waals surface area contributed by atoms with E-state index in [1.165, 1.54) is 0 Å². The van der Waals surface area contributed by atoms with E-state index in [-0.39, 0.29) is 6.04 Å². The average molecular weight is 197 g/mol. The van der Waals surface area contributed by atoms with Gasteiger partial charge in [-0.3, -0.25) is 4.68 Å². The molecule has 14 heavy (non-hydrogen) atoms. The third kappa shape index (κ3) is 2.82. The van der Waals surface area contributed by atoms with Crippen LogP contribution in [-0.4, -0.2) is 23.5 Å².